The lowest BCUT2D eigenvalue weighted by Crippen LogP contribution is -2.29. The summed E-state index contributed by atoms with van der Waals surface area (Å²) in [7, 11) is 0. The Balaban J connectivity index is 1.90. The molecule has 5 heteroatoms. The SMILES string of the molecule is CCCCC(CC)C(=O)Nc1cnn(C2CCNCC2)c1. The van der Waals surface area contributed by atoms with Crippen LogP contribution in [0.15, 0.2) is 12.4 Å². The second-order valence-electron chi connectivity index (χ2n) is 5.93. The molecule has 0 radical (unpaired) electrons. The molecule has 1 aromatic heterocycles. The lowest BCUT2D eigenvalue weighted by molar-refractivity contribution is -0.120. The third kappa shape index (κ3) is 4.56. The Hall–Kier alpha value is -1.36. The second-order valence-corrected chi connectivity index (χ2v) is 5.93. The second kappa shape index (κ2) is 8.17. The zero-order valence-corrected chi connectivity index (χ0v) is 13.3. The van der Waals surface area contributed by atoms with Gasteiger partial charge in [-0.25, -0.2) is 0 Å². The Morgan fingerprint density at radius 2 is 2.24 bits per heavy atom. The highest BCUT2D eigenvalue weighted by molar-refractivity contribution is 5.92. The number of amides is 1. The summed E-state index contributed by atoms with van der Waals surface area (Å²) in [6.45, 7) is 6.33. The average Bonchev–Trinajstić information content (AvgIpc) is 2.97. The van der Waals surface area contributed by atoms with Gasteiger partial charge >= 0.3 is 0 Å². The maximum absolute atomic E-state index is 12.3. The molecule has 1 aliphatic rings. The van der Waals surface area contributed by atoms with Crippen LogP contribution in [0.4, 0.5) is 5.69 Å². The monoisotopic (exact) mass is 292 g/mol. The van der Waals surface area contributed by atoms with Gasteiger partial charge in [0.1, 0.15) is 0 Å². The number of anilines is 1. The van der Waals surface area contributed by atoms with Gasteiger partial charge < -0.3 is 10.6 Å². The summed E-state index contributed by atoms with van der Waals surface area (Å²) >= 11 is 0. The quantitative estimate of drug-likeness (QED) is 0.812. The molecule has 1 atom stereocenters. The number of nitrogens with one attached hydrogen (secondary N) is 2. The fraction of sp³-hybridized carbons (Fsp3) is 0.750. The molecule has 2 heterocycles. The van der Waals surface area contributed by atoms with Crippen LogP contribution >= 0.6 is 0 Å². The van der Waals surface area contributed by atoms with Gasteiger partial charge in [-0.3, -0.25) is 9.48 Å². The molecule has 0 bridgehead atoms. The molecule has 0 aromatic carbocycles. The first-order chi connectivity index (χ1) is 10.2. The number of rotatable bonds is 7. The first-order valence-electron chi connectivity index (χ1n) is 8.30. The number of aromatic nitrogens is 2. The van der Waals surface area contributed by atoms with Crippen molar-refractivity contribution < 1.29 is 4.79 Å². The van der Waals surface area contributed by atoms with E-state index in [9.17, 15) is 4.79 Å². The zero-order chi connectivity index (χ0) is 15.1. The lowest BCUT2D eigenvalue weighted by atomic mass is 9.98. The van der Waals surface area contributed by atoms with Crippen LogP contribution in [-0.2, 0) is 4.79 Å². The number of carbonyl (C=O) groups is 1. The van der Waals surface area contributed by atoms with Crippen LogP contribution in [0.3, 0.4) is 0 Å². The third-order valence-electron chi connectivity index (χ3n) is 4.32. The van der Waals surface area contributed by atoms with E-state index in [-0.39, 0.29) is 11.8 Å². The fourth-order valence-electron chi connectivity index (χ4n) is 2.89. The molecule has 1 unspecified atom stereocenters. The predicted molar refractivity (Wildman–Crippen MR) is 85.3 cm³/mol. The van der Waals surface area contributed by atoms with Crippen LogP contribution in [-0.4, -0.2) is 28.8 Å². The van der Waals surface area contributed by atoms with Crippen LogP contribution in [0, 0.1) is 5.92 Å². The van der Waals surface area contributed by atoms with Crippen LogP contribution in [0.25, 0.3) is 0 Å². The smallest absolute Gasteiger partial charge is 0.227 e. The van der Waals surface area contributed by atoms with Crippen molar-refractivity contribution in [2.24, 2.45) is 5.92 Å². The summed E-state index contributed by atoms with van der Waals surface area (Å²) in [5, 5.41) is 10.8. The van der Waals surface area contributed by atoms with E-state index < -0.39 is 0 Å². The molecule has 1 aliphatic heterocycles. The molecule has 1 amide bonds. The molecule has 118 valence electrons. The Morgan fingerprint density at radius 3 is 2.90 bits per heavy atom. The molecule has 1 saturated heterocycles. The van der Waals surface area contributed by atoms with Crippen LogP contribution in [0.5, 0.6) is 0 Å². The van der Waals surface area contributed by atoms with Crippen molar-refractivity contribution in [1.29, 1.82) is 0 Å². The number of piperidine rings is 1. The molecular weight excluding hydrogens is 264 g/mol. The normalized spacial score (nSPS) is 17.6. The summed E-state index contributed by atoms with van der Waals surface area (Å²) in [6, 6.07) is 0.457. The Morgan fingerprint density at radius 1 is 1.48 bits per heavy atom. The molecule has 1 aromatic rings. The molecule has 2 rings (SSSR count). The van der Waals surface area contributed by atoms with Gasteiger partial charge in [0.2, 0.25) is 5.91 Å². The number of carbonyl (C=O) groups excluding carboxylic acids is 1. The first kappa shape index (κ1) is 16.0. The average molecular weight is 292 g/mol. The van der Waals surface area contributed by atoms with E-state index >= 15 is 0 Å². The third-order valence-corrected chi connectivity index (χ3v) is 4.32. The zero-order valence-electron chi connectivity index (χ0n) is 13.3. The lowest BCUT2D eigenvalue weighted by Gasteiger charge is -2.22. The van der Waals surface area contributed by atoms with E-state index in [2.05, 4.69) is 29.6 Å². The van der Waals surface area contributed by atoms with Gasteiger partial charge in [0.15, 0.2) is 0 Å². The topological polar surface area (TPSA) is 59.0 Å². The fourth-order valence-corrected chi connectivity index (χ4v) is 2.89. The maximum atomic E-state index is 12.3. The Kier molecular flexibility index (Phi) is 6.23. The number of nitrogens with zero attached hydrogens (tertiary/aromatic N) is 2. The maximum Gasteiger partial charge on any atom is 0.227 e. The highest BCUT2D eigenvalue weighted by Crippen LogP contribution is 2.20. The summed E-state index contributed by atoms with van der Waals surface area (Å²) in [4.78, 5) is 12.3. The largest absolute Gasteiger partial charge is 0.323 e. The van der Waals surface area contributed by atoms with Crippen molar-refractivity contribution >= 4 is 11.6 Å². The summed E-state index contributed by atoms with van der Waals surface area (Å²) in [6.07, 6.45) is 10.1. The van der Waals surface area contributed by atoms with Crippen molar-refractivity contribution in [3.8, 4) is 0 Å². The molecule has 0 aliphatic carbocycles. The van der Waals surface area contributed by atoms with E-state index in [1.807, 2.05) is 10.9 Å². The Bertz CT molecular complexity index is 437. The van der Waals surface area contributed by atoms with Crippen LogP contribution < -0.4 is 10.6 Å². The van der Waals surface area contributed by atoms with Gasteiger partial charge in [-0.05, 0) is 38.8 Å². The van der Waals surface area contributed by atoms with Crippen molar-refractivity contribution in [2.45, 2.75) is 58.4 Å². The predicted octanol–water partition coefficient (Wildman–Crippen LogP) is 2.96. The summed E-state index contributed by atoms with van der Waals surface area (Å²) in [5.41, 5.74) is 0.827. The first-order valence-corrected chi connectivity index (χ1v) is 8.30. The van der Waals surface area contributed by atoms with E-state index in [1.165, 1.54) is 0 Å². The summed E-state index contributed by atoms with van der Waals surface area (Å²) < 4.78 is 2.00. The van der Waals surface area contributed by atoms with Gasteiger partial charge in [0.25, 0.3) is 0 Å². The highest BCUT2D eigenvalue weighted by atomic mass is 16.1. The highest BCUT2D eigenvalue weighted by Gasteiger charge is 2.18. The van der Waals surface area contributed by atoms with Gasteiger partial charge in [0.05, 0.1) is 17.9 Å². The molecule has 5 nitrogen and oxygen atoms in total. The number of hydrogen-bond acceptors (Lipinski definition) is 3. The van der Waals surface area contributed by atoms with Gasteiger partial charge in [0, 0.05) is 12.1 Å². The van der Waals surface area contributed by atoms with Crippen molar-refractivity contribution in [1.82, 2.24) is 15.1 Å². The van der Waals surface area contributed by atoms with E-state index in [0.717, 1.165) is 57.3 Å². The van der Waals surface area contributed by atoms with Crippen molar-refractivity contribution in [2.75, 3.05) is 18.4 Å². The minimum atomic E-state index is 0.118. The molecule has 2 N–H and O–H groups in total. The van der Waals surface area contributed by atoms with Crippen LogP contribution in [0.2, 0.25) is 0 Å². The number of hydrogen-bond donors (Lipinski definition) is 2. The summed E-state index contributed by atoms with van der Waals surface area (Å²) in [5.74, 6) is 0.253. The minimum Gasteiger partial charge on any atom is -0.323 e. The van der Waals surface area contributed by atoms with Crippen molar-refractivity contribution in [3.63, 3.8) is 0 Å². The molecule has 21 heavy (non-hydrogen) atoms. The van der Waals surface area contributed by atoms with E-state index in [0.29, 0.717) is 6.04 Å². The van der Waals surface area contributed by atoms with E-state index in [1.54, 1.807) is 6.20 Å². The molecule has 0 saturated carbocycles. The van der Waals surface area contributed by atoms with Gasteiger partial charge in [-0.2, -0.15) is 5.10 Å². The standard InChI is InChI=1S/C16H28N4O/c1-3-5-6-13(4-2)16(21)19-14-11-18-20(12-14)15-7-9-17-10-8-15/h11-13,15,17H,3-10H2,1-2H3,(H,19,21). The molecular formula is C16H28N4O. The van der Waals surface area contributed by atoms with Crippen molar-refractivity contribution in [3.05, 3.63) is 12.4 Å². The van der Waals surface area contributed by atoms with Gasteiger partial charge in [-0.1, -0.05) is 26.7 Å². The van der Waals surface area contributed by atoms with E-state index in [4.69, 9.17) is 0 Å². The molecule has 0 spiro atoms. The molecule has 1 fully saturated rings. The number of unbranched alkanes of at least 4 members (excludes halogenated alkanes) is 1. The van der Waals surface area contributed by atoms with Crippen LogP contribution in [0.1, 0.15) is 58.4 Å². The van der Waals surface area contributed by atoms with Gasteiger partial charge in [-0.15, -0.1) is 0 Å². The Labute approximate surface area is 127 Å². The minimum absolute atomic E-state index is 0.118.